The number of anilines is 4. The molecular weight excluding hydrogens is 504 g/mol. The molecule has 0 atom stereocenters. The molecule has 10 heteroatoms. The molecule has 2 aromatic carbocycles. The summed E-state index contributed by atoms with van der Waals surface area (Å²) in [6, 6.07) is 18.2. The topological polar surface area (TPSA) is 118 Å². The molecule has 0 radical (unpaired) electrons. The zero-order valence-electron chi connectivity index (χ0n) is 23.3. The average molecular weight is 543 g/mol. The molecule has 1 amide bonds. The fourth-order valence-corrected chi connectivity index (χ4v) is 4.54. The minimum Gasteiger partial charge on any atom is -0.379 e. The summed E-state index contributed by atoms with van der Waals surface area (Å²) in [6.07, 6.45) is 1.98. The number of aryl methyl sites for hydroxylation is 1. The van der Waals surface area contributed by atoms with Crippen molar-refractivity contribution in [1.82, 2.24) is 25.1 Å². The van der Waals surface area contributed by atoms with E-state index in [0.717, 1.165) is 61.9 Å². The van der Waals surface area contributed by atoms with Crippen molar-refractivity contribution in [2.75, 3.05) is 63.1 Å². The fourth-order valence-electron chi connectivity index (χ4n) is 4.54. The number of carbonyl (C=O) groups is 1. The van der Waals surface area contributed by atoms with Gasteiger partial charge in [0.1, 0.15) is 11.6 Å². The van der Waals surface area contributed by atoms with Crippen LogP contribution < -0.4 is 16.0 Å². The van der Waals surface area contributed by atoms with Gasteiger partial charge in [-0.3, -0.25) is 14.6 Å². The first-order valence-corrected chi connectivity index (χ1v) is 13.8. The van der Waals surface area contributed by atoms with Gasteiger partial charge in [-0.2, -0.15) is 10.2 Å². The van der Waals surface area contributed by atoms with Crippen LogP contribution in [-0.4, -0.2) is 78.2 Å². The molecule has 0 aliphatic carbocycles. The summed E-state index contributed by atoms with van der Waals surface area (Å²) in [5.41, 5.74) is 4.29. The van der Waals surface area contributed by atoms with Gasteiger partial charge in [-0.15, -0.1) is 0 Å². The first kappa shape index (κ1) is 29.0. The number of morpholine rings is 1. The van der Waals surface area contributed by atoms with Gasteiger partial charge in [0.15, 0.2) is 5.82 Å². The van der Waals surface area contributed by atoms with Crippen LogP contribution in [0.2, 0.25) is 0 Å². The lowest BCUT2D eigenvalue weighted by molar-refractivity contribution is -0.121. The summed E-state index contributed by atoms with van der Waals surface area (Å²) in [5.74, 6) is 0.908. The number of hydrogen-bond acceptors (Lipinski definition) is 9. The molecule has 3 aromatic rings. The molecule has 4 rings (SSSR count). The first-order chi connectivity index (χ1) is 19.5. The van der Waals surface area contributed by atoms with Gasteiger partial charge in [0.25, 0.3) is 0 Å². The Labute approximate surface area is 236 Å². The number of ether oxygens (including phenoxy) is 1. The highest BCUT2D eigenvalue weighted by Gasteiger charge is 2.15. The molecule has 210 valence electrons. The van der Waals surface area contributed by atoms with E-state index in [4.69, 9.17) is 4.74 Å². The van der Waals surface area contributed by atoms with Gasteiger partial charge in [0, 0.05) is 63.6 Å². The van der Waals surface area contributed by atoms with Crippen molar-refractivity contribution >= 4 is 29.0 Å². The van der Waals surface area contributed by atoms with Gasteiger partial charge in [-0.1, -0.05) is 24.3 Å². The number of rotatable bonds is 13. The van der Waals surface area contributed by atoms with Crippen LogP contribution in [0, 0.1) is 18.3 Å². The van der Waals surface area contributed by atoms with E-state index in [1.807, 2.05) is 50.2 Å². The Kier molecular flexibility index (Phi) is 10.8. The minimum absolute atomic E-state index is 0.0668. The smallest absolute Gasteiger partial charge is 0.229 e. The Balaban J connectivity index is 1.45. The number of benzene rings is 2. The molecule has 10 nitrogen and oxygen atoms in total. The van der Waals surface area contributed by atoms with E-state index in [9.17, 15) is 10.1 Å². The quantitative estimate of drug-likeness (QED) is 0.296. The summed E-state index contributed by atoms with van der Waals surface area (Å²) in [6.45, 7) is 11.2. The number of nitrogens with zero attached hydrogens (tertiary/aromatic N) is 5. The Morgan fingerprint density at radius 3 is 2.62 bits per heavy atom. The predicted molar refractivity (Wildman–Crippen MR) is 157 cm³/mol. The maximum absolute atomic E-state index is 12.2. The Morgan fingerprint density at radius 2 is 1.88 bits per heavy atom. The maximum Gasteiger partial charge on any atom is 0.229 e. The molecular formula is C30H38N8O2. The van der Waals surface area contributed by atoms with Gasteiger partial charge >= 0.3 is 0 Å². The summed E-state index contributed by atoms with van der Waals surface area (Å²) < 4.78 is 5.48. The Bertz CT molecular complexity index is 1300. The second-order valence-electron chi connectivity index (χ2n) is 9.82. The van der Waals surface area contributed by atoms with Crippen LogP contribution in [0.1, 0.15) is 30.0 Å². The third kappa shape index (κ3) is 9.02. The summed E-state index contributed by atoms with van der Waals surface area (Å²) in [5, 5.41) is 19.1. The minimum atomic E-state index is 0.0668. The standard InChI is InChI=1S/C30H38N8O2/c1-3-32-28(39)10-11-38(13-12-37-14-16-40-17-15-37)22-24-7-5-9-27(19-24)34-29-25(20-31)21-33-30(36-29)35-26-8-4-6-23(2)18-26/h4-9,18-19,21H,3,10-17,22H2,1-2H3,(H,32,39)(H2,33,34,35,36). The molecule has 0 saturated carbocycles. The van der Waals surface area contributed by atoms with Crippen LogP contribution in [0.15, 0.2) is 54.7 Å². The van der Waals surface area contributed by atoms with Crippen LogP contribution in [0.3, 0.4) is 0 Å². The van der Waals surface area contributed by atoms with E-state index in [1.165, 1.54) is 6.20 Å². The zero-order valence-corrected chi connectivity index (χ0v) is 23.3. The van der Waals surface area contributed by atoms with E-state index in [0.29, 0.717) is 43.4 Å². The lowest BCUT2D eigenvalue weighted by Gasteiger charge is -2.30. The van der Waals surface area contributed by atoms with Gasteiger partial charge < -0.3 is 20.7 Å². The van der Waals surface area contributed by atoms with Crippen molar-refractivity contribution < 1.29 is 9.53 Å². The SMILES string of the molecule is CCNC(=O)CCN(CCN1CCOCC1)Cc1cccc(Nc2nc(Nc3cccc(C)c3)ncc2C#N)c1. The molecule has 1 aliphatic rings. The third-order valence-corrected chi connectivity index (χ3v) is 6.64. The monoisotopic (exact) mass is 542 g/mol. The first-order valence-electron chi connectivity index (χ1n) is 13.8. The summed E-state index contributed by atoms with van der Waals surface area (Å²) in [7, 11) is 0. The molecule has 0 bridgehead atoms. The Hall–Kier alpha value is -4.04. The number of aromatic nitrogens is 2. The van der Waals surface area contributed by atoms with Crippen molar-refractivity contribution in [3.63, 3.8) is 0 Å². The van der Waals surface area contributed by atoms with Crippen LogP contribution >= 0.6 is 0 Å². The number of carbonyl (C=O) groups excluding carboxylic acids is 1. The normalized spacial score (nSPS) is 13.6. The van der Waals surface area contributed by atoms with Crippen LogP contribution in [-0.2, 0) is 16.1 Å². The molecule has 1 saturated heterocycles. The van der Waals surface area contributed by atoms with Crippen molar-refractivity contribution in [2.45, 2.75) is 26.8 Å². The Morgan fingerprint density at radius 1 is 1.10 bits per heavy atom. The fraction of sp³-hybridized carbons (Fsp3) is 0.400. The predicted octanol–water partition coefficient (Wildman–Crippen LogP) is 3.80. The number of nitriles is 1. The van der Waals surface area contributed by atoms with Crippen LogP contribution in [0.25, 0.3) is 0 Å². The highest BCUT2D eigenvalue weighted by molar-refractivity contribution is 5.76. The number of hydrogen-bond donors (Lipinski definition) is 3. The second-order valence-corrected chi connectivity index (χ2v) is 9.82. The van der Waals surface area contributed by atoms with E-state index in [2.05, 4.69) is 53.9 Å². The van der Waals surface area contributed by atoms with E-state index in [1.54, 1.807) is 0 Å². The lowest BCUT2D eigenvalue weighted by atomic mass is 10.1. The van der Waals surface area contributed by atoms with Crippen molar-refractivity contribution in [3.8, 4) is 6.07 Å². The summed E-state index contributed by atoms with van der Waals surface area (Å²) >= 11 is 0. The molecule has 2 heterocycles. The van der Waals surface area contributed by atoms with E-state index < -0.39 is 0 Å². The molecule has 0 unspecified atom stereocenters. The maximum atomic E-state index is 12.2. The molecule has 40 heavy (non-hydrogen) atoms. The van der Waals surface area contributed by atoms with Gasteiger partial charge in [-0.25, -0.2) is 4.98 Å². The average Bonchev–Trinajstić information content (AvgIpc) is 2.96. The van der Waals surface area contributed by atoms with Gasteiger partial charge in [-0.05, 0) is 49.2 Å². The highest BCUT2D eigenvalue weighted by Crippen LogP contribution is 2.22. The molecule has 1 aliphatic heterocycles. The van der Waals surface area contributed by atoms with E-state index >= 15 is 0 Å². The van der Waals surface area contributed by atoms with Crippen molar-refractivity contribution in [1.29, 1.82) is 5.26 Å². The molecule has 0 spiro atoms. The van der Waals surface area contributed by atoms with E-state index in [-0.39, 0.29) is 5.91 Å². The number of amides is 1. The molecule has 1 fully saturated rings. The van der Waals surface area contributed by atoms with Gasteiger partial charge in [0.05, 0.1) is 19.4 Å². The van der Waals surface area contributed by atoms with Crippen molar-refractivity contribution in [3.05, 3.63) is 71.4 Å². The van der Waals surface area contributed by atoms with Gasteiger partial charge in [0.2, 0.25) is 11.9 Å². The highest BCUT2D eigenvalue weighted by atomic mass is 16.5. The second kappa shape index (κ2) is 14.9. The van der Waals surface area contributed by atoms with Crippen LogP contribution in [0.5, 0.6) is 0 Å². The zero-order chi connectivity index (χ0) is 28.2. The molecule has 1 aromatic heterocycles. The number of nitrogens with one attached hydrogen (secondary N) is 3. The largest absolute Gasteiger partial charge is 0.379 e. The van der Waals surface area contributed by atoms with Crippen LogP contribution in [0.4, 0.5) is 23.1 Å². The van der Waals surface area contributed by atoms with Crippen molar-refractivity contribution in [2.24, 2.45) is 0 Å². The summed E-state index contributed by atoms with van der Waals surface area (Å²) in [4.78, 5) is 25.8. The molecule has 3 N–H and O–H groups in total. The lowest BCUT2D eigenvalue weighted by Crippen LogP contribution is -2.42. The third-order valence-electron chi connectivity index (χ3n) is 6.64.